The van der Waals surface area contributed by atoms with Gasteiger partial charge in [-0.25, -0.2) is 18.2 Å². The number of nitrogens with zero attached hydrogens (tertiary/aromatic N) is 5. The van der Waals surface area contributed by atoms with E-state index < -0.39 is 22.2 Å². The van der Waals surface area contributed by atoms with Gasteiger partial charge in [-0.1, -0.05) is 6.42 Å². The van der Waals surface area contributed by atoms with Crippen molar-refractivity contribution in [1.29, 1.82) is 0 Å². The van der Waals surface area contributed by atoms with Crippen LogP contribution in [0.3, 0.4) is 0 Å². The van der Waals surface area contributed by atoms with E-state index in [1.807, 2.05) is 4.90 Å². The van der Waals surface area contributed by atoms with Crippen LogP contribution in [0.25, 0.3) is 0 Å². The molecule has 3 heterocycles. The second kappa shape index (κ2) is 15.1. The molecule has 1 aromatic heterocycles. The van der Waals surface area contributed by atoms with Crippen LogP contribution in [-0.2, 0) is 21.4 Å². The van der Waals surface area contributed by atoms with E-state index in [0.717, 1.165) is 39.0 Å². The largest absolute Gasteiger partial charge is 0.497 e. The standard InChI is InChI=1S/C28H41N5O5S.C2HF3O2/c1-21-17-24(37-3)18-22(2)27(21)39(35,36)33(23-7-8-23)19-26-29-25(20-38-26)28(34)32-15-13-31(14-16-32)12-11-30-9-5-4-6-10-30;3-2(4,5)1(6)7/h17-18,20,23H,4-16,19H2,1-3H3;(H,6,7). The Labute approximate surface area is 267 Å². The molecular weight excluding hydrogens is 631 g/mol. The van der Waals surface area contributed by atoms with Crippen LogP contribution in [0.1, 0.15) is 59.6 Å². The molecule has 5 rings (SSSR count). The second-order valence-electron chi connectivity index (χ2n) is 11.8. The van der Waals surface area contributed by atoms with Gasteiger partial charge in [0, 0.05) is 45.3 Å². The molecule has 256 valence electrons. The number of methoxy groups -OCH3 is 1. The van der Waals surface area contributed by atoms with E-state index in [1.54, 1.807) is 33.1 Å². The Hall–Kier alpha value is -3.21. The van der Waals surface area contributed by atoms with Gasteiger partial charge >= 0.3 is 12.1 Å². The van der Waals surface area contributed by atoms with E-state index in [-0.39, 0.29) is 35.0 Å². The molecule has 0 spiro atoms. The van der Waals surface area contributed by atoms with Gasteiger partial charge in [-0.15, -0.1) is 0 Å². The molecule has 12 nitrogen and oxygen atoms in total. The third-order valence-corrected chi connectivity index (χ3v) is 10.5. The van der Waals surface area contributed by atoms with Crippen molar-refractivity contribution in [1.82, 2.24) is 24.0 Å². The summed E-state index contributed by atoms with van der Waals surface area (Å²) >= 11 is 0. The number of hydrogen-bond acceptors (Lipinski definition) is 9. The number of amides is 1. The molecule has 1 N–H and O–H groups in total. The van der Waals surface area contributed by atoms with Crippen LogP contribution in [0.15, 0.2) is 27.7 Å². The van der Waals surface area contributed by atoms with Crippen LogP contribution in [0.5, 0.6) is 5.75 Å². The molecule has 1 aliphatic carbocycles. The Morgan fingerprint density at radius 1 is 1.00 bits per heavy atom. The zero-order valence-electron chi connectivity index (χ0n) is 26.4. The molecule has 0 unspecified atom stereocenters. The number of aromatic nitrogens is 1. The second-order valence-corrected chi connectivity index (χ2v) is 13.7. The van der Waals surface area contributed by atoms with Gasteiger partial charge in [-0.2, -0.15) is 17.5 Å². The predicted molar refractivity (Wildman–Crippen MR) is 161 cm³/mol. The average molecular weight is 674 g/mol. The molecule has 2 aromatic rings. The van der Waals surface area contributed by atoms with E-state index in [1.165, 1.54) is 42.9 Å². The minimum Gasteiger partial charge on any atom is -0.497 e. The maximum Gasteiger partial charge on any atom is 0.490 e. The summed E-state index contributed by atoms with van der Waals surface area (Å²) in [7, 11) is -2.23. The van der Waals surface area contributed by atoms with Crippen molar-refractivity contribution in [3.8, 4) is 5.75 Å². The van der Waals surface area contributed by atoms with Gasteiger partial charge in [0.2, 0.25) is 15.9 Å². The molecule has 0 atom stereocenters. The number of rotatable bonds is 10. The number of sulfonamides is 1. The van der Waals surface area contributed by atoms with Crippen LogP contribution in [0.2, 0.25) is 0 Å². The SMILES string of the molecule is COc1cc(C)c(S(=O)(=O)N(Cc2nc(C(=O)N3CCN(CCN4CCCCC4)CC3)co2)C2CC2)c(C)c1.O=C(O)C(F)(F)F. The highest BCUT2D eigenvalue weighted by molar-refractivity contribution is 7.89. The molecular formula is C30H42F3N5O7S. The van der Waals surface area contributed by atoms with Crippen LogP contribution in [0.4, 0.5) is 13.2 Å². The van der Waals surface area contributed by atoms with Crippen molar-refractivity contribution >= 4 is 21.9 Å². The van der Waals surface area contributed by atoms with Gasteiger partial charge in [-0.05, 0) is 75.9 Å². The van der Waals surface area contributed by atoms with Gasteiger partial charge in [0.15, 0.2) is 5.69 Å². The maximum absolute atomic E-state index is 13.8. The minimum atomic E-state index is -5.08. The lowest BCUT2D eigenvalue weighted by molar-refractivity contribution is -0.192. The third kappa shape index (κ3) is 9.20. The highest BCUT2D eigenvalue weighted by Gasteiger charge is 2.41. The summed E-state index contributed by atoms with van der Waals surface area (Å²) in [6, 6.07) is 3.38. The Kier molecular flexibility index (Phi) is 11.7. The third-order valence-electron chi connectivity index (χ3n) is 8.34. The van der Waals surface area contributed by atoms with Crippen molar-refractivity contribution in [2.75, 3.05) is 59.5 Å². The van der Waals surface area contributed by atoms with E-state index in [9.17, 15) is 26.4 Å². The zero-order valence-corrected chi connectivity index (χ0v) is 27.2. The monoisotopic (exact) mass is 673 g/mol. The first-order valence-electron chi connectivity index (χ1n) is 15.4. The number of aryl methyl sites for hydroxylation is 2. The van der Waals surface area contributed by atoms with Crippen molar-refractivity contribution in [3.05, 3.63) is 41.1 Å². The molecule has 2 saturated heterocycles. The molecule has 3 fully saturated rings. The van der Waals surface area contributed by atoms with Gasteiger partial charge in [0.05, 0.1) is 18.6 Å². The number of carboxylic acids is 1. The molecule has 1 aromatic carbocycles. The molecule has 46 heavy (non-hydrogen) atoms. The van der Waals surface area contributed by atoms with Crippen LogP contribution in [0, 0.1) is 13.8 Å². The number of likely N-dealkylation sites (tertiary alicyclic amines) is 1. The molecule has 3 aliphatic rings. The van der Waals surface area contributed by atoms with Crippen LogP contribution >= 0.6 is 0 Å². The quantitative estimate of drug-likeness (QED) is 0.399. The van der Waals surface area contributed by atoms with Crippen molar-refractivity contribution < 1.29 is 45.4 Å². The van der Waals surface area contributed by atoms with E-state index in [0.29, 0.717) is 30.0 Å². The number of hydrogen-bond donors (Lipinski definition) is 1. The number of piperidine rings is 1. The summed E-state index contributed by atoms with van der Waals surface area (Å²) < 4.78 is 71.7. The molecule has 1 amide bonds. The van der Waals surface area contributed by atoms with Crippen molar-refractivity contribution in [2.45, 2.75) is 69.6 Å². The number of benzene rings is 1. The first-order chi connectivity index (χ1) is 21.7. The number of ether oxygens (including phenoxy) is 1. The van der Waals surface area contributed by atoms with Crippen molar-refractivity contribution in [3.63, 3.8) is 0 Å². The number of carbonyl (C=O) groups excluding carboxylic acids is 1. The van der Waals surface area contributed by atoms with Gasteiger partial charge in [-0.3, -0.25) is 9.69 Å². The summed E-state index contributed by atoms with van der Waals surface area (Å²) in [4.78, 5) is 33.6. The fourth-order valence-electron chi connectivity index (χ4n) is 5.74. The highest BCUT2D eigenvalue weighted by atomic mass is 32.2. The fourth-order valence-corrected chi connectivity index (χ4v) is 7.79. The highest BCUT2D eigenvalue weighted by Crippen LogP contribution is 2.36. The summed E-state index contributed by atoms with van der Waals surface area (Å²) in [6.07, 6.45) is 1.81. The Balaban J connectivity index is 0.000000617. The molecule has 2 aliphatic heterocycles. The smallest absolute Gasteiger partial charge is 0.490 e. The lowest BCUT2D eigenvalue weighted by Gasteiger charge is -2.36. The zero-order chi connectivity index (χ0) is 33.6. The summed E-state index contributed by atoms with van der Waals surface area (Å²) in [5.74, 6) is -2.06. The number of carbonyl (C=O) groups is 2. The lowest BCUT2D eigenvalue weighted by atomic mass is 10.1. The molecule has 0 radical (unpaired) electrons. The number of alkyl halides is 3. The number of oxazole rings is 1. The predicted octanol–water partition coefficient (Wildman–Crippen LogP) is 3.53. The molecule has 1 saturated carbocycles. The van der Waals surface area contributed by atoms with Gasteiger partial charge < -0.3 is 24.1 Å². The average Bonchev–Trinajstić information content (AvgIpc) is 3.74. The summed E-state index contributed by atoms with van der Waals surface area (Å²) in [5, 5.41) is 7.12. The van der Waals surface area contributed by atoms with Gasteiger partial charge in [0.1, 0.15) is 12.0 Å². The van der Waals surface area contributed by atoms with Crippen LogP contribution < -0.4 is 4.74 Å². The molecule has 16 heteroatoms. The Bertz CT molecular complexity index is 1440. The van der Waals surface area contributed by atoms with E-state index in [4.69, 9.17) is 19.1 Å². The Morgan fingerprint density at radius 3 is 2.04 bits per heavy atom. The fraction of sp³-hybridized carbons (Fsp3) is 0.633. The van der Waals surface area contributed by atoms with E-state index >= 15 is 0 Å². The Morgan fingerprint density at radius 2 is 1.54 bits per heavy atom. The number of aliphatic carboxylic acids is 1. The van der Waals surface area contributed by atoms with Gasteiger partial charge in [0.25, 0.3) is 5.91 Å². The maximum atomic E-state index is 13.8. The molecule has 0 bridgehead atoms. The number of halogens is 3. The minimum absolute atomic E-state index is 0.00450. The number of piperazine rings is 1. The van der Waals surface area contributed by atoms with E-state index in [2.05, 4.69) is 14.8 Å². The normalized spacial score (nSPS) is 18.3. The van der Waals surface area contributed by atoms with Crippen molar-refractivity contribution in [2.24, 2.45) is 0 Å². The first kappa shape index (κ1) is 35.6. The summed E-state index contributed by atoms with van der Waals surface area (Å²) in [5.41, 5.74) is 1.50. The topological polar surface area (TPSA) is 137 Å². The number of carboxylic acid groups (broad SMARTS) is 1. The summed E-state index contributed by atoms with van der Waals surface area (Å²) in [6.45, 7) is 11.1. The van der Waals surface area contributed by atoms with Crippen LogP contribution in [-0.4, -0.2) is 121 Å². The first-order valence-corrected chi connectivity index (χ1v) is 16.8. The lowest BCUT2D eigenvalue weighted by Crippen LogP contribution is -2.50.